The smallest absolute Gasteiger partial charge is 0.243 e. The molecule has 1 heterocycles. The van der Waals surface area contributed by atoms with Crippen molar-refractivity contribution < 1.29 is 13.2 Å². The molecule has 162 valence electrons. The zero-order valence-electron chi connectivity index (χ0n) is 17.3. The van der Waals surface area contributed by atoms with Crippen molar-refractivity contribution in [1.29, 1.82) is 0 Å². The van der Waals surface area contributed by atoms with Gasteiger partial charge < -0.3 is 5.32 Å². The molecule has 0 radical (unpaired) electrons. The molecule has 8 heteroatoms. The molecule has 1 saturated heterocycles. The summed E-state index contributed by atoms with van der Waals surface area (Å²) in [4.78, 5) is 15.3. The number of halogens is 1. The molecule has 30 heavy (non-hydrogen) atoms. The van der Waals surface area contributed by atoms with Crippen molar-refractivity contribution in [2.24, 2.45) is 0 Å². The third-order valence-corrected chi connectivity index (χ3v) is 6.83. The van der Waals surface area contributed by atoms with Gasteiger partial charge in [0.15, 0.2) is 0 Å². The second-order valence-electron chi connectivity index (χ2n) is 7.68. The number of benzene rings is 2. The van der Waals surface area contributed by atoms with Gasteiger partial charge in [-0.05, 0) is 68.2 Å². The van der Waals surface area contributed by atoms with Crippen molar-refractivity contribution in [3.05, 3.63) is 64.7 Å². The molecule has 0 bridgehead atoms. The minimum absolute atomic E-state index is 0.353. The van der Waals surface area contributed by atoms with E-state index in [1.165, 1.54) is 18.4 Å². The fourth-order valence-corrected chi connectivity index (χ4v) is 5.09. The highest BCUT2D eigenvalue weighted by Crippen LogP contribution is 2.23. The van der Waals surface area contributed by atoms with Crippen molar-refractivity contribution in [2.45, 2.75) is 38.9 Å². The first kappa shape index (κ1) is 22.6. The number of amides is 1. The van der Waals surface area contributed by atoms with Gasteiger partial charge in [0.1, 0.15) is 6.04 Å². The maximum Gasteiger partial charge on any atom is 0.243 e. The molecule has 2 aromatic carbocycles. The van der Waals surface area contributed by atoms with Crippen LogP contribution in [-0.4, -0.2) is 44.6 Å². The molecule has 0 unspecified atom stereocenters. The van der Waals surface area contributed by atoms with E-state index < -0.39 is 16.1 Å². The van der Waals surface area contributed by atoms with E-state index in [0.29, 0.717) is 17.3 Å². The molecule has 1 aliphatic rings. The Hall–Kier alpha value is -2.09. The number of sulfonamides is 1. The SMILES string of the molecule is C[C@H](C(=O)NCc1ccccc1CN1CCCC1)N(c1ccc(Cl)cc1)S(C)(=O)=O. The number of hydrogen-bond acceptors (Lipinski definition) is 4. The van der Waals surface area contributed by atoms with Crippen molar-refractivity contribution in [3.8, 4) is 0 Å². The van der Waals surface area contributed by atoms with Crippen LogP contribution >= 0.6 is 11.6 Å². The highest BCUT2D eigenvalue weighted by Gasteiger charge is 2.29. The zero-order chi connectivity index (χ0) is 21.7. The molecule has 1 fully saturated rings. The summed E-state index contributed by atoms with van der Waals surface area (Å²) in [7, 11) is -3.66. The first-order valence-electron chi connectivity index (χ1n) is 10.1. The zero-order valence-corrected chi connectivity index (χ0v) is 18.9. The van der Waals surface area contributed by atoms with Crippen molar-refractivity contribution in [3.63, 3.8) is 0 Å². The van der Waals surface area contributed by atoms with Gasteiger partial charge in [0.25, 0.3) is 0 Å². The van der Waals surface area contributed by atoms with Crippen LogP contribution in [0.2, 0.25) is 5.02 Å². The lowest BCUT2D eigenvalue weighted by Crippen LogP contribution is -2.47. The normalized spacial score (nSPS) is 15.7. The quantitative estimate of drug-likeness (QED) is 0.670. The largest absolute Gasteiger partial charge is 0.350 e. The first-order chi connectivity index (χ1) is 14.3. The predicted octanol–water partition coefficient (Wildman–Crippen LogP) is 3.41. The van der Waals surface area contributed by atoms with Gasteiger partial charge in [0, 0.05) is 18.1 Å². The van der Waals surface area contributed by atoms with Gasteiger partial charge in [-0.15, -0.1) is 0 Å². The van der Waals surface area contributed by atoms with Gasteiger partial charge in [0.05, 0.1) is 11.9 Å². The Morgan fingerprint density at radius 2 is 1.70 bits per heavy atom. The van der Waals surface area contributed by atoms with Crippen LogP contribution in [-0.2, 0) is 27.9 Å². The number of anilines is 1. The average molecular weight is 450 g/mol. The van der Waals surface area contributed by atoms with E-state index in [1.807, 2.05) is 18.2 Å². The van der Waals surface area contributed by atoms with E-state index >= 15 is 0 Å². The van der Waals surface area contributed by atoms with Gasteiger partial charge in [-0.2, -0.15) is 0 Å². The van der Waals surface area contributed by atoms with Crippen LogP contribution in [0.5, 0.6) is 0 Å². The molecule has 1 N–H and O–H groups in total. The summed E-state index contributed by atoms with van der Waals surface area (Å²) < 4.78 is 25.9. The van der Waals surface area contributed by atoms with E-state index in [-0.39, 0.29) is 5.91 Å². The van der Waals surface area contributed by atoms with E-state index in [0.717, 1.165) is 35.8 Å². The monoisotopic (exact) mass is 449 g/mol. The fourth-order valence-electron chi connectivity index (χ4n) is 3.79. The van der Waals surface area contributed by atoms with Crippen LogP contribution in [0, 0.1) is 0 Å². The number of hydrogen-bond donors (Lipinski definition) is 1. The van der Waals surface area contributed by atoms with E-state index in [9.17, 15) is 13.2 Å². The van der Waals surface area contributed by atoms with E-state index in [2.05, 4.69) is 16.3 Å². The average Bonchev–Trinajstić information content (AvgIpc) is 3.21. The molecule has 6 nitrogen and oxygen atoms in total. The maximum absolute atomic E-state index is 12.8. The Morgan fingerprint density at radius 1 is 1.10 bits per heavy atom. The molecule has 0 saturated carbocycles. The Kier molecular flexibility index (Phi) is 7.39. The van der Waals surface area contributed by atoms with Gasteiger partial charge in [-0.3, -0.25) is 14.0 Å². The fraction of sp³-hybridized carbons (Fsp3) is 0.409. The number of carbonyl (C=O) groups excluding carboxylic acids is 1. The summed E-state index contributed by atoms with van der Waals surface area (Å²) in [6, 6.07) is 13.6. The number of nitrogens with one attached hydrogen (secondary N) is 1. The minimum atomic E-state index is -3.66. The molecular weight excluding hydrogens is 422 g/mol. The van der Waals surface area contributed by atoms with Gasteiger partial charge in [0.2, 0.25) is 15.9 Å². The van der Waals surface area contributed by atoms with Crippen LogP contribution in [0.15, 0.2) is 48.5 Å². The number of likely N-dealkylation sites (tertiary alicyclic amines) is 1. The van der Waals surface area contributed by atoms with Crippen molar-refractivity contribution in [1.82, 2.24) is 10.2 Å². The number of rotatable bonds is 8. The maximum atomic E-state index is 12.8. The summed E-state index contributed by atoms with van der Waals surface area (Å²) >= 11 is 5.92. The Morgan fingerprint density at radius 3 is 2.30 bits per heavy atom. The molecule has 0 spiro atoms. The van der Waals surface area contributed by atoms with Crippen molar-refractivity contribution >= 4 is 33.2 Å². The lowest BCUT2D eigenvalue weighted by molar-refractivity contribution is -0.122. The molecule has 2 aromatic rings. The van der Waals surface area contributed by atoms with E-state index in [1.54, 1.807) is 31.2 Å². The first-order valence-corrected chi connectivity index (χ1v) is 12.3. The minimum Gasteiger partial charge on any atom is -0.350 e. The topological polar surface area (TPSA) is 69.7 Å². The van der Waals surface area contributed by atoms with Gasteiger partial charge in [-0.1, -0.05) is 35.9 Å². The lowest BCUT2D eigenvalue weighted by atomic mass is 10.1. The Bertz CT molecular complexity index is 973. The van der Waals surface area contributed by atoms with Crippen LogP contribution in [0.25, 0.3) is 0 Å². The second kappa shape index (κ2) is 9.81. The molecule has 1 aliphatic heterocycles. The third kappa shape index (κ3) is 5.74. The molecule has 0 aliphatic carbocycles. The predicted molar refractivity (Wildman–Crippen MR) is 121 cm³/mol. The third-order valence-electron chi connectivity index (χ3n) is 5.33. The summed E-state index contributed by atoms with van der Waals surface area (Å²) in [5.41, 5.74) is 2.63. The summed E-state index contributed by atoms with van der Waals surface area (Å²) in [5.74, 6) is -0.355. The summed E-state index contributed by atoms with van der Waals surface area (Å²) in [6.07, 6.45) is 3.54. The van der Waals surface area contributed by atoms with Crippen LogP contribution < -0.4 is 9.62 Å². The molecule has 3 rings (SSSR count). The van der Waals surface area contributed by atoms with Gasteiger partial charge >= 0.3 is 0 Å². The molecule has 1 atom stereocenters. The molecular formula is C22H28ClN3O3S. The summed E-state index contributed by atoms with van der Waals surface area (Å²) in [5, 5.41) is 3.41. The second-order valence-corrected chi connectivity index (χ2v) is 9.98. The Labute approximate surface area is 183 Å². The number of carbonyl (C=O) groups is 1. The van der Waals surface area contributed by atoms with Crippen LogP contribution in [0.3, 0.4) is 0 Å². The van der Waals surface area contributed by atoms with Crippen LogP contribution in [0.1, 0.15) is 30.9 Å². The standard InChI is InChI=1S/C22H28ClN3O3S/c1-17(26(30(2,28)29)21-11-9-20(23)10-12-21)22(27)24-15-18-7-3-4-8-19(18)16-25-13-5-6-14-25/h3-4,7-12,17H,5-6,13-16H2,1-2H3,(H,24,27)/t17-/m1/s1. The molecule has 0 aromatic heterocycles. The molecule has 1 amide bonds. The Balaban J connectivity index is 1.71. The number of nitrogens with zero attached hydrogens (tertiary/aromatic N) is 2. The van der Waals surface area contributed by atoms with Crippen molar-refractivity contribution in [2.75, 3.05) is 23.7 Å². The highest BCUT2D eigenvalue weighted by atomic mass is 35.5. The lowest BCUT2D eigenvalue weighted by Gasteiger charge is -2.28. The highest BCUT2D eigenvalue weighted by molar-refractivity contribution is 7.92. The van der Waals surface area contributed by atoms with E-state index in [4.69, 9.17) is 11.6 Å². The summed E-state index contributed by atoms with van der Waals surface area (Å²) in [6.45, 7) is 5.00. The van der Waals surface area contributed by atoms with Gasteiger partial charge in [-0.25, -0.2) is 8.42 Å². The van der Waals surface area contributed by atoms with Crippen LogP contribution in [0.4, 0.5) is 5.69 Å².